The molecule has 0 radical (unpaired) electrons. The molecule has 90 valence electrons. The highest BCUT2D eigenvalue weighted by Gasteiger charge is 2.04. The van der Waals surface area contributed by atoms with Gasteiger partial charge in [-0.15, -0.1) is 0 Å². The number of nitrogens with one attached hydrogen (secondary N) is 1. The number of aromatic nitrogens is 1. The standard InChI is InChI=1S/C14H19N3/c1-15-8-4-10-17(2)14-6-3-5-12-11-16-9-7-13(12)14/h3,5-7,9,11,15H,4,8,10H2,1-2H3. The summed E-state index contributed by atoms with van der Waals surface area (Å²) in [6, 6.07) is 8.45. The molecule has 17 heavy (non-hydrogen) atoms. The number of anilines is 1. The van der Waals surface area contributed by atoms with Gasteiger partial charge in [0.2, 0.25) is 0 Å². The Bertz CT molecular complexity index is 476. The molecule has 0 aliphatic rings. The zero-order valence-electron chi connectivity index (χ0n) is 10.5. The Balaban J connectivity index is 2.22. The van der Waals surface area contributed by atoms with Crippen molar-refractivity contribution in [2.24, 2.45) is 0 Å². The van der Waals surface area contributed by atoms with Gasteiger partial charge in [0, 0.05) is 42.4 Å². The van der Waals surface area contributed by atoms with Crippen molar-refractivity contribution in [1.82, 2.24) is 10.3 Å². The minimum absolute atomic E-state index is 1.05. The number of hydrogen-bond donors (Lipinski definition) is 1. The molecule has 0 spiro atoms. The van der Waals surface area contributed by atoms with Crippen LogP contribution in [-0.4, -0.2) is 32.2 Å². The van der Waals surface area contributed by atoms with Crippen molar-refractivity contribution in [3.8, 4) is 0 Å². The molecule has 3 nitrogen and oxygen atoms in total. The van der Waals surface area contributed by atoms with Crippen LogP contribution in [0.15, 0.2) is 36.7 Å². The summed E-state index contributed by atoms with van der Waals surface area (Å²) in [7, 11) is 4.13. The first-order chi connectivity index (χ1) is 8.33. The van der Waals surface area contributed by atoms with E-state index in [1.165, 1.54) is 16.5 Å². The van der Waals surface area contributed by atoms with E-state index < -0.39 is 0 Å². The van der Waals surface area contributed by atoms with Gasteiger partial charge in [-0.25, -0.2) is 0 Å². The van der Waals surface area contributed by atoms with E-state index in [-0.39, 0.29) is 0 Å². The SMILES string of the molecule is CNCCCN(C)c1cccc2cnccc12. The average molecular weight is 229 g/mol. The molecule has 0 unspecified atom stereocenters. The van der Waals surface area contributed by atoms with Gasteiger partial charge < -0.3 is 10.2 Å². The second-order valence-corrected chi connectivity index (χ2v) is 4.25. The van der Waals surface area contributed by atoms with E-state index in [9.17, 15) is 0 Å². The Labute approximate surface area is 102 Å². The lowest BCUT2D eigenvalue weighted by molar-refractivity contribution is 0.714. The molecule has 1 heterocycles. The zero-order chi connectivity index (χ0) is 12.1. The van der Waals surface area contributed by atoms with E-state index in [0.29, 0.717) is 0 Å². The van der Waals surface area contributed by atoms with E-state index in [4.69, 9.17) is 0 Å². The number of hydrogen-bond acceptors (Lipinski definition) is 3. The molecule has 1 aromatic carbocycles. The Morgan fingerprint density at radius 2 is 2.18 bits per heavy atom. The monoisotopic (exact) mass is 229 g/mol. The van der Waals surface area contributed by atoms with Gasteiger partial charge >= 0.3 is 0 Å². The largest absolute Gasteiger partial charge is 0.374 e. The van der Waals surface area contributed by atoms with Gasteiger partial charge in [-0.2, -0.15) is 0 Å². The third kappa shape index (κ3) is 2.74. The third-order valence-electron chi connectivity index (χ3n) is 2.99. The summed E-state index contributed by atoms with van der Waals surface area (Å²) in [4.78, 5) is 6.47. The lowest BCUT2D eigenvalue weighted by Crippen LogP contribution is -2.22. The summed E-state index contributed by atoms with van der Waals surface area (Å²) in [6.07, 6.45) is 4.92. The van der Waals surface area contributed by atoms with Gasteiger partial charge in [0.1, 0.15) is 0 Å². The second-order valence-electron chi connectivity index (χ2n) is 4.25. The molecule has 1 aromatic heterocycles. The van der Waals surface area contributed by atoms with Gasteiger partial charge in [-0.05, 0) is 32.1 Å². The Kier molecular flexibility index (Phi) is 3.94. The maximum atomic E-state index is 4.16. The number of rotatable bonds is 5. The minimum Gasteiger partial charge on any atom is -0.374 e. The second kappa shape index (κ2) is 5.64. The molecule has 0 aliphatic heterocycles. The fourth-order valence-corrected chi connectivity index (χ4v) is 2.05. The molecule has 1 N–H and O–H groups in total. The first-order valence-electron chi connectivity index (χ1n) is 6.01. The van der Waals surface area contributed by atoms with Crippen LogP contribution in [0.4, 0.5) is 5.69 Å². The fraction of sp³-hybridized carbons (Fsp3) is 0.357. The van der Waals surface area contributed by atoms with E-state index in [1.54, 1.807) is 0 Å². The molecule has 0 amide bonds. The maximum Gasteiger partial charge on any atom is 0.0444 e. The first kappa shape index (κ1) is 11.9. The molecule has 3 heteroatoms. The summed E-state index contributed by atoms with van der Waals surface area (Å²) in [5.74, 6) is 0. The highest BCUT2D eigenvalue weighted by Crippen LogP contribution is 2.24. The Morgan fingerprint density at radius 1 is 1.29 bits per heavy atom. The van der Waals surface area contributed by atoms with E-state index in [1.807, 2.05) is 19.4 Å². The minimum atomic E-state index is 1.05. The average Bonchev–Trinajstić information content (AvgIpc) is 2.38. The quantitative estimate of drug-likeness (QED) is 0.797. The molecule has 2 rings (SSSR count). The molecular formula is C14H19N3. The lowest BCUT2D eigenvalue weighted by Gasteiger charge is -2.21. The first-order valence-corrected chi connectivity index (χ1v) is 6.01. The summed E-state index contributed by atoms with van der Waals surface area (Å²) >= 11 is 0. The number of benzene rings is 1. The van der Waals surface area contributed by atoms with Gasteiger partial charge in [0.25, 0.3) is 0 Å². The van der Waals surface area contributed by atoms with Crippen LogP contribution in [0.5, 0.6) is 0 Å². The van der Waals surface area contributed by atoms with Crippen LogP contribution < -0.4 is 10.2 Å². The van der Waals surface area contributed by atoms with Crippen LogP contribution >= 0.6 is 0 Å². The van der Waals surface area contributed by atoms with Gasteiger partial charge in [0.15, 0.2) is 0 Å². The molecule has 0 atom stereocenters. The van der Waals surface area contributed by atoms with Gasteiger partial charge in [-0.1, -0.05) is 12.1 Å². The van der Waals surface area contributed by atoms with Crippen molar-refractivity contribution in [2.75, 3.05) is 32.1 Å². The summed E-state index contributed by atoms with van der Waals surface area (Å²) in [5.41, 5.74) is 1.28. The van der Waals surface area contributed by atoms with Crippen LogP contribution in [0, 0.1) is 0 Å². The van der Waals surface area contributed by atoms with E-state index in [0.717, 1.165) is 19.5 Å². The molecule has 0 bridgehead atoms. The molecule has 0 aliphatic carbocycles. The number of nitrogens with zero attached hydrogens (tertiary/aromatic N) is 2. The highest BCUT2D eigenvalue weighted by atomic mass is 15.1. The van der Waals surface area contributed by atoms with Crippen LogP contribution in [0.25, 0.3) is 10.8 Å². The van der Waals surface area contributed by atoms with Crippen molar-refractivity contribution >= 4 is 16.5 Å². The smallest absolute Gasteiger partial charge is 0.0444 e. The lowest BCUT2D eigenvalue weighted by atomic mass is 10.1. The Morgan fingerprint density at radius 3 is 3.00 bits per heavy atom. The van der Waals surface area contributed by atoms with Crippen molar-refractivity contribution in [2.45, 2.75) is 6.42 Å². The van der Waals surface area contributed by atoms with E-state index >= 15 is 0 Å². The molecule has 0 saturated heterocycles. The van der Waals surface area contributed by atoms with Crippen LogP contribution in [0.2, 0.25) is 0 Å². The predicted molar refractivity (Wildman–Crippen MR) is 73.6 cm³/mol. The molecular weight excluding hydrogens is 210 g/mol. The third-order valence-corrected chi connectivity index (χ3v) is 2.99. The normalized spacial score (nSPS) is 10.7. The van der Waals surface area contributed by atoms with E-state index in [2.05, 4.69) is 46.5 Å². The zero-order valence-corrected chi connectivity index (χ0v) is 10.5. The fourth-order valence-electron chi connectivity index (χ4n) is 2.05. The van der Waals surface area contributed by atoms with Crippen LogP contribution in [-0.2, 0) is 0 Å². The van der Waals surface area contributed by atoms with Crippen LogP contribution in [0.1, 0.15) is 6.42 Å². The summed E-state index contributed by atoms with van der Waals surface area (Å²) in [6.45, 7) is 2.11. The number of fused-ring (bicyclic) bond motifs is 1. The summed E-state index contributed by atoms with van der Waals surface area (Å²) in [5, 5.41) is 5.65. The topological polar surface area (TPSA) is 28.2 Å². The van der Waals surface area contributed by atoms with Gasteiger partial charge in [0.05, 0.1) is 0 Å². The van der Waals surface area contributed by atoms with Crippen molar-refractivity contribution in [3.63, 3.8) is 0 Å². The van der Waals surface area contributed by atoms with Crippen LogP contribution in [0.3, 0.4) is 0 Å². The number of pyridine rings is 1. The Hall–Kier alpha value is -1.61. The van der Waals surface area contributed by atoms with Crippen molar-refractivity contribution in [1.29, 1.82) is 0 Å². The van der Waals surface area contributed by atoms with Crippen molar-refractivity contribution in [3.05, 3.63) is 36.7 Å². The molecule has 0 fully saturated rings. The summed E-state index contributed by atoms with van der Waals surface area (Å²) < 4.78 is 0. The maximum absolute atomic E-state index is 4.16. The van der Waals surface area contributed by atoms with Crippen molar-refractivity contribution < 1.29 is 0 Å². The predicted octanol–water partition coefficient (Wildman–Crippen LogP) is 2.28. The molecule has 0 saturated carbocycles. The molecule has 2 aromatic rings. The highest BCUT2D eigenvalue weighted by molar-refractivity contribution is 5.93. The van der Waals surface area contributed by atoms with Gasteiger partial charge in [-0.3, -0.25) is 4.98 Å².